The fourth-order valence-corrected chi connectivity index (χ4v) is 4.72. The molecule has 1 N–H and O–H groups in total. The smallest absolute Gasteiger partial charge is 0.352 e. The molecule has 0 amide bonds. The summed E-state index contributed by atoms with van der Waals surface area (Å²) >= 11 is 5.14. The molecule has 124 valence electrons. The van der Waals surface area contributed by atoms with Gasteiger partial charge in [-0.25, -0.2) is 9.79 Å². The van der Waals surface area contributed by atoms with Gasteiger partial charge in [0.05, 0.1) is 17.6 Å². The van der Waals surface area contributed by atoms with Crippen molar-refractivity contribution in [2.45, 2.75) is 25.0 Å². The third-order valence-electron chi connectivity index (χ3n) is 4.51. The SMILES string of the molecule is COc1cc2c(cc1Br)N1C(CC2)C(C(=O)O)=NC1c1cccs1. The molecule has 2 aromatic rings. The minimum absolute atomic E-state index is 0.192. The highest BCUT2D eigenvalue weighted by atomic mass is 79.9. The molecule has 5 nitrogen and oxygen atoms in total. The van der Waals surface area contributed by atoms with E-state index in [4.69, 9.17) is 4.74 Å². The van der Waals surface area contributed by atoms with Crippen molar-refractivity contribution in [3.63, 3.8) is 0 Å². The lowest BCUT2D eigenvalue weighted by molar-refractivity contribution is -0.129. The third-order valence-corrected chi connectivity index (χ3v) is 6.04. The summed E-state index contributed by atoms with van der Waals surface area (Å²) in [6.07, 6.45) is 1.27. The number of hydrogen-bond acceptors (Lipinski definition) is 5. The second-order valence-corrected chi connectivity index (χ2v) is 7.62. The monoisotopic (exact) mass is 406 g/mol. The fourth-order valence-electron chi connectivity index (χ4n) is 3.47. The van der Waals surface area contributed by atoms with Crippen LogP contribution in [-0.2, 0) is 11.2 Å². The number of nitrogens with zero attached hydrogens (tertiary/aromatic N) is 2. The molecule has 24 heavy (non-hydrogen) atoms. The van der Waals surface area contributed by atoms with Crippen LogP contribution in [0.4, 0.5) is 5.69 Å². The summed E-state index contributed by atoms with van der Waals surface area (Å²) in [6, 6.07) is 7.83. The minimum atomic E-state index is -0.930. The Morgan fingerprint density at radius 3 is 3.00 bits per heavy atom. The van der Waals surface area contributed by atoms with Gasteiger partial charge in [-0.15, -0.1) is 11.3 Å². The molecule has 0 saturated carbocycles. The van der Waals surface area contributed by atoms with Crippen molar-refractivity contribution < 1.29 is 14.6 Å². The highest BCUT2D eigenvalue weighted by Crippen LogP contribution is 2.46. The summed E-state index contributed by atoms with van der Waals surface area (Å²) in [6.45, 7) is 0. The minimum Gasteiger partial charge on any atom is -0.496 e. The van der Waals surface area contributed by atoms with E-state index in [0.717, 1.165) is 39.2 Å². The molecule has 0 saturated heterocycles. The molecule has 1 aromatic carbocycles. The maximum Gasteiger partial charge on any atom is 0.352 e. The summed E-state index contributed by atoms with van der Waals surface area (Å²) in [5, 5.41) is 11.6. The van der Waals surface area contributed by atoms with Gasteiger partial charge >= 0.3 is 5.97 Å². The zero-order chi connectivity index (χ0) is 16.8. The number of aliphatic imine (C=N–C) groups is 1. The highest BCUT2D eigenvalue weighted by molar-refractivity contribution is 9.10. The van der Waals surface area contributed by atoms with E-state index in [1.165, 1.54) is 0 Å². The van der Waals surface area contributed by atoms with E-state index in [0.29, 0.717) is 0 Å². The number of methoxy groups -OCH3 is 1. The number of rotatable bonds is 3. The number of hydrogen-bond donors (Lipinski definition) is 1. The van der Waals surface area contributed by atoms with Crippen molar-refractivity contribution in [3.8, 4) is 5.75 Å². The number of benzene rings is 1. The first kappa shape index (κ1) is 15.7. The van der Waals surface area contributed by atoms with Gasteiger partial charge in [-0.1, -0.05) is 6.07 Å². The lowest BCUT2D eigenvalue weighted by Crippen LogP contribution is -2.42. The maximum atomic E-state index is 11.7. The number of anilines is 1. The molecular weight excluding hydrogens is 392 g/mol. The first-order chi connectivity index (χ1) is 11.6. The first-order valence-electron chi connectivity index (χ1n) is 7.59. The number of thiophene rings is 1. The van der Waals surface area contributed by atoms with Gasteiger partial charge in [0.15, 0.2) is 6.17 Å². The van der Waals surface area contributed by atoms with Gasteiger partial charge in [0.1, 0.15) is 11.5 Å². The number of aliphatic carboxylic acids is 1. The lowest BCUT2D eigenvalue weighted by atomic mass is 9.93. The quantitative estimate of drug-likeness (QED) is 0.839. The van der Waals surface area contributed by atoms with Crippen LogP contribution in [-0.4, -0.2) is 29.9 Å². The van der Waals surface area contributed by atoms with Crippen LogP contribution in [0.1, 0.15) is 23.0 Å². The molecule has 0 spiro atoms. The zero-order valence-corrected chi connectivity index (χ0v) is 15.3. The molecular formula is C17H15BrN2O3S. The molecule has 1 aromatic heterocycles. The molecule has 0 radical (unpaired) electrons. The van der Waals surface area contributed by atoms with Gasteiger partial charge in [-0.3, -0.25) is 0 Å². The average molecular weight is 407 g/mol. The van der Waals surface area contributed by atoms with E-state index in [9.17, 15) is 9.90 Å². The number of halogens is 1. The summed E-state index contributed by atoms with van der Waals surface area (Å²) < 4.78 is 6.25. The van der Waals surface area contributed by atoms with Crippen LogP contribution in [0.5, 0.6) is 5.75 Å². The van der Waals surface area contributed by atoms with Crippen molar-refractivity contribution in [1.29, 1.82) is 0 Å². The van der Waals surface area contributed by atoms with Crippen LogP contribution < -0.4 is 9.64 Å². The van der Waals surface area contributed by atoms with Gasteiger partial charge in [-0.05, 0) is 57.9 Å². The Hall–Kier alpha value is -1.86. The highest BCUT2D eigenvalue weighted by Gasteiger charge is 2.43. The Balaban J connectivity index is 1.85. The van der Waals surface area contributed by atoms with Crippen molar-refractivity contribution in [3.05, 3.63) is 44.6 Å². The second kappa shape index (κ2) is 5.89. The molecule has 2 aliphatic heterocycles. The van der Waals surface area contributed by atoms with Crippen LogP contribution in [0.15, 0.2) is 39.1 Å². The van der Waals surface area contributed by atoms with Gasteiger partial charge < -0.3 is 14.7 Å². The fraction of sp³-hybridized carbons (Fsp3) is 0.294. The van der Waals surface area contributed by atoms with Gasteiger partial charge in [0, 0.05) is 10.6 Å². The van der Waals surface area contributed by atoms with E-state index in [1.54, 1.807) is 18.4 Å². The van der Waals surface area contributed by atoms with E-state index in [-0.39, 0.29) is 17.9 Å². The van der Waals surface area contributed by atoms with E-state index in [2.05, 4.69) is 25.8 Å². The lowest BCUT2D eigenvalue weighted by Gasteiger charge is -2.37. The number of carbonyl (C=O) groups is 1. The van der Waals surface area contributed by atoms with E-state index in [1.807, 2.05) is 29.6 Å². The maximum absolute atomic E-state index is 11.7. The van der Waals surface area contributed by atoms with Gasteiger partial charge in [0.25, 0.3) is 0 Å². The molecule has 0 aliphatic carbocycles. The molecule has 2 atom stereocenters. The largest absolute Gasteiger partial charge is 0.496 e. The molecule has 4 rings (SSSR count). The predicted octanol–water partition coefficient (Wildman–Crippen LogP) is 3.88. The summed E-state index contributed by atoms with van der Waals surface area (Å²) in [5.41, 5.74) is 2.44. The molecule has 2 aliphatic rings. The molecule has 0 fully saturated rings. The van der Waals surface area contributed by atoms with Crippen LogP contribution >= 0.6 is 27.3 Å². The third kappa shape index (κ3) is 2.34. The van der Waals surface area contributed by atoms with Gasteiger partial charge in [-0.2, -0.15) is 0 Å². The van der Waals surface area contributed by atoms with Crippen molar-refractivity contribution >= 4 is 44.6 Å². The summed E-state index contributed by atoms with van der Waals surface area (Å²) in [7, 11) is 1.65. The Bertz CT molecular complexity index is 835. The van der Waals surface area contributed by atoms with E-state index < -0.39 is 5.97 Å². The normalized spacial score (nSPS) is 21.9. The number of carboxylic acids is 1. The standard InChI is InChI=1S/C17H15BrN2O3S/c1-23-13-7-9-4-5-11-15(17(21)22)19-16(14-3-2-6-24-14)20(11)12(9)8-10(13)18/h2-3,6-8,11,16H,4-5H2,1H3,(H,21,22). The summed E-state index contributed by atoms with van der Waals surface area (Å²) in [5.74, 6) is -0.140. The van der Waals surface area contributed by atoms with E-state index >= 15 is 0 Å². The molecule has 7 heteroatoms. The zero-order valence-electron chi connectivity index (χ0n) is 12.9. The summed E-state index contributed by atoms with van der Waals surface area (Å²) in [4.78, 5) is 19.4. The molecule has 3 heterocycles. The van der Waals surface area contributed by atoms with Crippen LogP contribution in [0, 0.1) is 0 Å². The average Bonchev–Trinajstić information content (AvgIpc) is 3.21. The Labute approximate surface area is 151 Å². The van der Waals surface area contributed by atoms with Crippen LogP contribution in [0.25, 0.3) is 0 Å². The predicted molar refractivity (Wildman–Crippen MR) is 97.4 cm³/mol. The Morgan fingerprint density at radius 1 is 1.50 bits per heavy atom. The van der Waals surface area contributed by atoms with Crippen molar-refractivity contribution in [2.24, 2.45) is 4.99 Å². The molecule has 0 bridgehead atoms. The van der Waals surface area contributed by atoms with Crippen LogP contribution in [0.3, 0.4) is 0 Å². The first-order valence-corrected chi connectivity index (χ1v) is 9.26. The topological polar surface area (TPSA) is 62.1 Å². The van der Waals surface area contributed by atoms with Crippen LogP contribution in [0.2, 0.25) is 0 Å². The number of ether oxygens (including phenoxy) is 1. The van der Waals surface area contributed by atoms with Crippen molar-refractivity contribution in [2.75, 3.05) is 12.0 Å². The van der Waals surface area contributed by atoms with Gasteiger partial charge in [0.2, 0.25) is 0 Å². The Kier molecular flexibility index (Phi) is 3.85. The number of fused-ring (bicyclic) bond motifs is 3. The van der Waals surface area contributed by atoms with Crippen molar-refractivity contribution in [1.82, 2.24) is 0 Å². The Morgan fingerprint density at radius 2 is 2.33 bits per heavy atom. The number of aryl methyl sites for hydroxylation is 1. The second-order valence-electron chi connectivity index (χ2n) is 5.79. The molecule has 2 unspecified atom stereocenters. The number of carboxylic acid groups (broad SMARTS) is 1.